The van der Waals surface area contributed by atoms with Crippen LogP contribution in [0, 0.1) is 23.0 Å². The Bertz CT molecular complexity index is 1330. The number of nitriles is 1. The number of amides is 1. The van der Waals surface area contributed by atoms with Gasteiger partial charge >= 0.3 is 6.09 Å². The van der Waals surface area contributed by atoms with Crippen molar-refractivity contribution in [3.8, 4) is 22.9 Å². The fourth-order valence-electron chi connectivity index (χ4n) is 4.19. The SMILES string of the molecule is CC(C)(C)OC(=O)NCC1(c2ccccc2)Cc2c(ccc(Cl)c2-c2c(C#N)ccc(F)c2F)O1. The van der Waals surface area contributed by atoms with Crippen molar-refractivity contribution in [3.63, 3.8) is 0 Å². The van der Waals surface area contributed by atoms with E-state index in [4.69, 9.17) is 21.1 Å². The van der Waals surface area contributed by atoms with E-state index in [2.05, 4.69) is 5.32 Å². The van der Waals surface area contributed by atoms with Crippen LogP contribution in [0.4, 0.5) is 13.6 Å². The van der Waals surface area contributed by atoms with E-state index >= 15 is 4.39 Å². The minimum Gasteiger partial charge on any atom is -0.480 e. The van der Waals surface area contributed by atoms with Crippen molar-refractivity contribution in [2.45, 2.75) is 38.4 Å². The second-order valence-electron chi connectivity index (χ2n) is 9.29. The fraction of sp³-hybridized carbons (Fsp3) is 0.259. The monoisotopic (exact) mass is 496 g/mol. The molecule has 1 N–H and O–H groups in total. The number of rotatable bonds is 4. The number of carbonyl (C=O) groups is 1. The zero-order valence-electron chi connectivity index (χ0n) is 19.4. The molecule has 3 aromatic carbocycles. The van der Waals surface area contributed by atoms with Crippen molar-refractivity contribution < 1.29 is 23.0 Å². The average molecular weight is 497 g/mol. The molecule has 0 bridgehead atoms. The lowest BCUT2D eigenvalue weighted by atomic mass is 9.85. The van der Waals surface area contributed by atoms with Crippen LogP contribution in [0.5, 0.6) is 5.75 Å². The molecule has 0 aliphatic carbocycles. The number of nitrogens with one attached hydrogen (secondary N) is 1. The van der Waals surface area contributed by atoms with Crippen LogP contribution in [0.3, 0.4) is 0 Å². The number of carbonyl (C=O) groups excluding carboxylic acids is 1. The van der Waals surface area contributed by atoms with Crippen molar-refractivity contribution >= 4 is 17.7 Å². The summed E-state index contributed by atoms with van der Waals surface area (Å²) < 4.78 is 41.0. The third-order valence-corrected chi connectivity index (χ3v) is 5.98. The summed E-state index contributed by atoms with van der Waals surface area (Å²) in [6.45, 7) is 5.32. The van der Waals surface area contributed by atoms with Crippen LogP contribution in [-0.2, 0) is 16.8 Å². The van der Waals surface area contributed by atoms with Crippen molar-refractivity contribution in [3.05, 3.63) is 87.9 Å². The van der Waals surface area contributed by atoms with Gasteiger partial charge in [-0.1, -0.05) is 41.9 Å². The number of halogens is 3. The van der Waals surface area contributed by atoms with Gasteiger partial charge in [-0.3, -0.25) is 0 Å². The van der Waals surface area contributed by atoms with Gasteiger partial charge in [0.15, 0.2) is 17.2 Å². The summed E-state index contributed by atoms with van der Waals surface area (Å²) in [5.74, 6) is -1.86. The van der Waals surface area contributed by atoms with E-state index in [0.717, 1.165) is 11.6 Å². The molecule has 0 fully saturated rings. The average Bonchev–Trinajstić information content (AvgIpc) is 3.20. The predicted molar refractivity (Wildman–Crippen MR) is 128 cm³/mol. The highest BCUT2D eigenvalue weighted by molar-refractivity contribution is 6.33. The second-order valence-corrected chi connectivity index (χ2v) is 9.70. The van der Waals surface area contributed by atoms with Gasteiger partial charge in [0.1, 0.15) is 11.4 Å². The van der Waals surface area contributed by atoms with E-state index in [1.807, 2.05) is 36.4 Å². The molecule has 1 heterocycles. The van der Waals surface area contributed by atoms with Crippen molar-refractivity contribution in [2.75, 3.05) is 6.54 Å². The Labute approximate surface area is 207 Å². The molecule has 8 heteroatoms. The van der Waals surface area contributed by atoms with Gasteiger partial charge < -0.3 is 14.8 Å². The molecule has 3 aromatic rings. The topological polar surface area (TPSA) is 71.3 Å². The zero-order valence-corrected chi connectivity index (χ0v) is 20.2. The van der Waals surface area contributed by atoms with E-state index in [9.17, 15) is 14.4 Å². The van der Waals surface area contributed by atoms with Gasteiger partial charge in [0.2, 0.25) is 0 Å². The number of alkyl carbamates (subject to hydrolysis) is 1. The number of hydrogen-bond acceptors (Lipinski definition) is 4. The maximum absolute atomic E-state index is 15.0. The normalized spacial score (nSPS) is 16.7. The van der Waals surface area contributed by atoms with Gasteiger partial charge in [-0.25, -0.2) is 13.6 Å². The first kappa shape index (κ1) is 24.5. The van der Waals surface area contributed by atoms with Crippen LogP contribution in [0.2, 0.25) is 5.02 Å². The maximum Gasteiger partial charge on any atom is 0.407 e. The smallest absolute Gasteiger partial charge is 0.407 e. The first-order chi connectivity index (χ1) is 16.5. The highest BCUT2D eigenvalue weighted by atomic mass is 35.5. The van der Waals surface area contributed by atoms with Crippen LogP contribution in [0.25, 0.3) is 11.1 Å². The van der Waals surface area contributed by atoms with E-state index in [-0.39, 0.29) is 34.7 Å². The predicted octanol–water partition coefficient (Wildman–Crippen LogP) is 6.51. The molecular weight excluding hydrogens is 474 g/mol. The Morgan fingerprint density at radius 3 is 2.51 bits per heavy atom. The summed E-state index contributed by atoms with van der Waals surface area (Å²) in [7, 11) is 0. The highest BCUT2D eigenvalue weighted by Gasteiger charge is 2.44. The molecule has 1 amide bonds. The first-order valence-electron chi connectivity index (χ1n) is 11.0. The Kier molecular flexibility index (Phi) is 6.44. The molecule has 0 radical (unpaired) electrons. The van der Waals surface area contributed by atoms with Crippen molar-refractivity contribution in [1.82, 2.24) is 5.32 Å². The van der Waals surface area contributed by atoms with Gasteiger partial charge in [-0.2, -0.15) is 5.26 Å². The van der Waals surface area contributed by atoms with E-state index < -0.39 is 28.9 Å². The Balaban J connectivity index is 1.81. The molecule has 1 aliphatic heterocycles. The highest BCUT2D eigenvalue weighted by Crippen LogP contribution is 2.49. The molecule has 1 unspecified atom stereocenters. The van der Waals surface area contributed by atoms with Crippen LogP contribution < -0.4 is 10.1 Å². The van der Waals surface area contributed by atoms with E-state index in [0.29, 0.717) is 11.3 Å². The second kappa shape index (κ2) is 9.20. The summed E-state index contributed by atoms with van der Waals surface area (Å²) in [6.07, 6.45) is -0.438. The van der Waals surface area contributed by atoms with Gasteiger partial charge in [0.25, 0.3) is 0 Å². The lowest BCUT2D eigenvalue weighted by Crippen LogP contribution is -2.45. The van der Waals surface area contributed by atoms with Gasteiger partial charge in [0, 0.05) is 28.1 Å². The Morgan fingerprint density at radius 2 is 1.86 bits per heavy atom. The standard InChI is InChI=1S/C27H23ClF2N2O3/c1-26(2,3)35-25(33)32-15-27(17-7-5-4-6-8-17)13-18-21(34-27)12-10-19(28)23(18)22-16(14-31)9-11-20(29)24(22)30/h4-12H,13,15H2,1-3H3,(H,32,33). The number of benzene rings is 3. The van der Waals surface area contributed by atoms with Crippen molar-refractivity contribution in [1.29, 1.82) is 5.26 Å². The molecule has 35 heavy (non-hydrogen) atoms. The zero-order chi connectivity index (χ0) is 25.4. The molecule has 0 saturated heterocycles. The molecule has 1 aliphatic rings. The third kappa shape index (κ3) is 4.80. The largest absolute Gasteiger partial charge is 0.480 e. The van der Waals surface area contributed by atoms with Gasteiger partial charge in [0.05, 0.1) is 18.2 Å². The summed E-state index contributed by atoms with van der Waals surface area (Å²) in [4.78, 5) is 12.4. The fourth-order valence-corrected chi connectivity index (χ4v) is 4.47. The maximum atomic E-state index is 15.0. The molecule has 1 atom stereocenters. The van der Waals surface area contributed by atoms with Crippen LogP contribution >= 0.6 is 11.6 Å². The minimum absolute atomic E-state index is 0.0361. The van der Waals surface area contributed by atoms with E-state index in [1.54, 1.807) is 26.8 Å². The van der Waals surface area contributed by atoms with Crippen LogP contribution in [0.1, 0.15) is 37.5 Å². The number of nitrogens with zero attached hydrogens (tertiary/aromatic N) is 1. The minimum atomic E-state index is -1.16. The first-order valence-corrected chi connectivity index (χ1v) is 11.3. The third-order valence-electron chi connectivity index (χ3n) is 5.67. The molecule has 0 spiro atoms. The Hall–Kier alpha value is -3.63. The molecule has 180 valence electrons. The Morgan fingerprint density at radius 1 is 1.14 bits per heavy atom. The van der Waals surface area contributed by atoms with Crippen LogP contribution in [-0.4, -0.2) is 18.2 Å². The van der Waals surface area contributed by atoms with Gasteiger partial charge in [-0.15, -0.1) is 0 Å². The number of fused-ring (bicyclic) bond motifs is 1. The lowest BCUT2D eigenvalue weighted by molar-refractivity contribution is 0.0415. The number of ether oxygens (including phenoxy) is 2. The molecule has 0 saturated carbocycles. The molecule has 4 rings (SSSR count). The molecule has 5 nitrogen and oxygen atoms in total. The van der Waals surface area contributed by atoms with Crippen LogP contribution in [0.15, 0.2) is 54.6 Å². The van der Waals surface area contributed by atoms with Gasteiger partial charge in [-0.05, 0) is 50.6 Å². The molecule has 0 aromatic heterocycles. The summed E-state index contributed by atoms with van der Waals surface area (Å²) in [5, 5.41) is 12.5. The summed E-state index contributed by atoms with van der Waals surface area (Å²) in [5.41, 5.74) is -0.579. The summed E-state index contributed by atoms with van der Waals surface area (Å²) >= 11 is 6.49. The summed E-state index contributed by atoms with van der Waals surface area (Å²) in [6, 6.07) is 16.4. The van der Waals surface area contributed by atoms with Crippen molar-refractivity contribution in [2.24, 2.45) is 0 Å². The lowest BCUT2D eigenvalue weighted by Gasteiger charge is -2.30. The number of hydrogen-bond donors (Lipinski definition) is 1. The molecular formula is C27H23ClF2N2O3. The quantitative estimate of drug-likeness (QED) is 0.447. The van der Waals surface area contributed by atoms with E-state index in [1.165, 1.54) is 12.1 Å².